The maximum absolute atomic E-state index is 9.02. The molecule has 0 aromatic heterocycles. The van der Waals surface area contributed by atoms with Crippen LogP contribution in [-0.2, 0) is 0 Å². The largest absolute Gasteiger partial charge is 0.297 e. The van der Waals surface area contributed by atoms with Crippen LogP contribution in [0, 0.1) is 11.3 Å². The third-order valence-electron chi connectivity index (χ3n) is 2.89. The lowest BCUT2D eigenvalue weighted by Crippen LogP contribution is -2.53. The van der Waals surface area contributed by atoms with Gasteiger partial charge in [-0.3, -0.25) is 9.80 Å². The Morgan fingerprint density at radius 1 is 1.33 bits per heavy atom. The molecule has 0 aromatic rings. The molecule has 0 unspecified atom stereocenters. The van der Waals surface area contributed by atoms with Gasteiger partial charge in [-0.1, -0.05) is 17.7 Å². The summed E-state index contributed by atoms with van der Waals surface area (Å²) in [7, 11) is 0. The predicted molar refractivity (Wildman–Crippen MR) is 62.7 cm³/mol. The maximum atomic E-state index is 9.02. The molecule has 15 heavy (non-hydrogen) atoms. The Labute approximate surface area is 96.9 Å². The fourth-order valence-corrected chi connectivity index (χ4v) is 1.83. The second-order valence-corrected chi connectivity index (χ2v) is 4.57. The molecule has 4 heteroatoms. The number of rotatable bonds is 3. The van der Waals surface area contributed by atoms with E-state index < -0.39 is 0 Å². The molecule has 0 N–H and O–H groups in total. The molecule has 0 spiro atoms. The molecule has 1 heterocycles. The second kappa shape index (κ2) is 5.50. The van der Waals surface area contributed by atoms with Crippen LogP contribution >= 0.6 is 11.6 Å². The first-order valence-corrected chi connectivity index (χ1v) is 5.67. The Balaban J connectivity index is 2.40. The lowest BCUT2D eigenvalue weighted by atomic mass is 10.0. The van der Waals surface area contributed by atoms with E-state index >= 15 is 0 Å². The maximum Gasteiger partial charge on any atom is 0.103 e. The molecule has 1 saturated heterocycles. The van der Waals surface area contributed by atoms with Crippen molar-refractivity contribution < 1.29 is 0 Å². The van der Waals surface area contributed by atoms with Gasteiger partial charge in [-0.05, 0) is 13.8 Å². The summed E-state index contributed by atoms with van der Waals surface area (Å²) in [5.41, 5.74) is 1.22. The van der Waals surface area contributed by atoms with Crippen molar-refractivity contribution in [2.24, 2.45) is 0 Å². The van der Waals surface area contributed by atoms with Gasteiger partial charge in [-0.25, -0.2) is 0 Å². The molecule has 1 rings (SSSR count). The van der Waals surface area contributed by atoms with Crippen molar-refractivity contribution in [3.8, 4) is 6.07 Å². The molecule has 3 nitrogen and oxygen atoms in total. The highest BCUT2D eigenvalue weighted by molar-refractivity contribution is 6.25. The van der Waals surface area contributed by atoms with Crippen LogP contribution in [0.4, 0.5) is 0 Å². The summed E-state index contributed by atoms with van der Waals surface area (Å²) in [5.74, 6) is 0. The number of halogens is 1. The fraction of sp³-hybridized carbons (Fsp3) is 0.727. The van der Waals surface area contributed by atoms with Crippen molar-refractivity contribution in [1.82, 2.24) is 9.80 Å². The summed E-state index contributed by atoms with van der Waals surface area (Å²) in [5, 5.41) is 9.02. The standard InChI is InChI=1S/C11H18ClN3/c1-11(2,10-13)15-8-6-14(7-9-15)5-3-4-12/h3-4H,5-9H2,1-2H3. The zero-order chi connectivity index (χ0) is 11.3. The highest BCUT2D eigenvalue weighted by atomic mass is 35.5. The third-order valence-corrected chi connectivity index (χ3v) is 3.07. The van der Waals surface area contributed by atoms with Crippen LogP contribution in [0.1, 0.15) is 13.8 Å². The lowest BCUT2D eigenvalue weighted by molar-refractivity contribution is 0.0863. The summed E-state index contributed by atoms with van der Waals surface area (Å²) >= 11 is 5.48. The zero-order valence-corrected chi connectivity index (χ0v) is 10.2. The van der Waals surface area contributed by atoms with Crippen LogP contribution in [0.5, 0.6) is 0 Å². The van der Waals surface area contributed by atoms with Crippen molar-refractivity contribution in [3.63, 3.8) is 0 Å². The normalized spacial score (nSPS) is 20.7. The van der Waals surface area contributed by atoms with Gasteiger partial charge in [0.05, 0.1) is 6.07 Å². The summed E-state index contributed by atoms with van der Waals surface area (Å²) < 4.78 is 0. The van der Waals surface area contributed by atoms with Gasteiger partial charge in [0.1, 0.15) is 5.54 Å². The van der Waals surface area contributed by atoms with Crippen molar-refractivity contribution in [2.75, 3.05) is 32.7 Å². The van der Waals surface area contributed by atoms with Gasteiger partial charge in [0.15, 0.2) is 0 Å². The van der Waals surface area contributed by atoms with Gasteiger partial charge < -0.3 is 0 Å². The molecule has 0 saturated carbocycles. The minimum atomic E-state index is -0.339. The molecule has 0 amide bonds. The molecule has 1 fully saturated rings. The Morgan fingerprint density at radius 3 is 2.40 bits per heavy atom. The van der Waals surface area contributed by atoms with Gasteiger partial charge in [0.2, 0.25) is 0 Å². The highest BCUT2D eigenvalue weighted by Gasteiger charge is 2.29. The topological polar surface area (TPSA) is 30.3 Å². The molecule has 0 aliphatic carbocycles. The van der Waals surface area contributed by atoms with E-state index in [1.807, 2.05) is 19.9 Å². The first-order chi connectivity index (χ1) is 7.10. The van der Waals surface area contributed by atoms with Crippen molar-refractivity contribution in [2.45, 2.75) is 19.4 Å². The molecule has 1 aliphatic rings. The van der Waals surface area contributed by atoms with E-state index in [-0.39, 0.29) is 5.54 Å². The van der Waals surface area contributed by atoms with Crippen molar-refractivity contribution in [1.29, 1.82) is 5.26 Å². The summed E-state index contributed by atoms with van der Waals surface area (Å²) in [6, 6.07) is 2.34. The number of nitrogens with zero attached hydrogens (tertiary/aromatic N) is 3. The van der Waals surface area contributed by atoms with Gasteiger partial charge in [0.25, 0.3) is 0 Å². The molecule has 84 valence electrons. The monoisotopic (exact) mass is 227 g/mol. The van der Waals surface area contributed by atoms with Crippen molar-refractivity contribution >= 4 is 11.6 Å². The molecule has 0 radical (unpaired) electrons. The number of nitriles is 1. The van der Waals surface area contributed by atoms with E-state index in [0.29, 0.717) is 0 Å². The smallest absolute Gasteiger partial charge is 0.103 e. The first kappa shape index (κ1) is 12.5. The van der Waals surface area contributed by atoms with E-state index in [0.717, 1.165) is 32.7 Å². The molecular weight excluding hydrogens is 210 g/mol. The summed E-state index contributed by atoms with van der Waals surface area (Å²) in [6.07, 6.45) is 1.95. The Hall–Kier alpha value is -0.560. The van der Waals surface area contributed by atoms with Crippen LogP contribution in [-0.4, -0.2) is 48.1 Å². The van der Waals surface area contributed by atoms with Crippen LogP contribution in [0.15, 0.2) is 11.6 Å². The van der Waals surface area contributed by atoms with Crippen LogP contribution in [0.2, 0.25) is 0 Å². The Morgan fingerprint density at radius 2 is 1.93 bits per heavy atom. The van der Waals surface area contributed by atoms with Gasteiger partial charge in [-0.2, -0.15) is 5.26 Å². The lowest BCUT2D eigenvalue weighted by Gasteiger charge is -2.40. The van der Waals surface area contributed by atoms with E-state index in [1.165, 1.54) is 0 Å². The van der Waals surface area contributed by atoms with E-state index in [9.17, 15) is 0 Å². The van der Waals surface area contributed by atoms with Crippen molar-refractivity contribution in [3.05, 3.63) is 11.6 Å². The Bertz CT molecular complexity index is 259. The molecular formula is C11H18ClN3. The van der Waals surface area contributed by atoms with Crippen LogP contribution < -0.4 is 0 Å². The van der Waals surface area contributed by atoms with E-state index in [4.69, 9.17) is 16.9 Å². The molecule has 0 bridgehead atoms. The number of hydrogen-bond acceptors (Lipinski definition) is 3. The predicted octanol–water partition coefficient (Wildman–Crippen LogP) is 1.66. The number of piperazine rings is 1. The van der Waals surface area contributed by atoms with Gasteiger partial charge >= 0.3 is 0 Å². The Kier molecular flexibility index (Phi) is 4.59. The van der Waals surface area contributed by atoms with Crippen LogP contribution in [0.3, 0.4) is 0 Å². The third kappa shape index (κ3) is 3.49. The average Bonchev–Trinajstić information content (AvgIpc) is 2.27. The van der Waals surface area contributed by atoms with Gasteiger partial charge in [0, 0.05) is 38.3 Å². The molecule has 0 aromatic carbocycles. The van der Waals surface area contributed by atoms with Gasteiger partial charge in [-0.15, -0.1) is 0 Å². The minimum Gasteiger partial charge on any atom is -0.297 e. The van der Waals surface area contributed by atoms with E-state index in [1.54, 1.807) is 5.54 Å². The molecule has 1 aliphatic heterocycles. The molecule has 0 atom stereocenters. The first-order valence-electron chi connectivity index (χ1n) is 5.24. The number of hydrogen-bond donors (Lipinski definition) is 0. The SMILES string of the molecule is CC(C)(C#N)N1CCN(CC=CCl)CC1. The average molecular weight is 228 g/mol. The minimum absolute atomic E-state index is 0.339. The zero-order valence-electron chi connectivity index (χ0n) is 9.41. The summed E-state index contributed by atoms with van der Waals surface area (Å²) in [6.45, 7) is 8.78. The highest BCUT2D eigenvalue weighted by Crippen LogP contribution is 2.15. The fourth-order valence-electron chi connectivity index (χ4n) is 1.75. The summed E-state index contributed by atoms with van der Waals surface area (Å²) in [4.78, 5) is 4.57. The van der Waals surface area contributed by atoms with Crippen LogP contribution in [0.25, 0.3) is 0 Å². The second-order valence-electron chi connectivity index (χ2n) is 4.32. The quantitative estimate of drug-likeness (QED) is 0.735. The van der Waals surface area contributed by atoms with E-state index in [2.05, 4.69) is 15.9 Å².